The molecular formula is C13H25N5O. The molecule has 1 aromatic rings. The van der Waals surface area contributed by atoms with Crippen LogP contribution in [0.25, 0.3) is 0 Å². The first-order valence-electron chi connectivity index (χ1n) is 7.12. The normalized spacial score (nSPS) is 10.7. The number of amides is 1. The van der Waals surface area contributed by atoms with Gasteiger partial charge in [-0.1, -0.05) is 39.0 Å². The van der Waals surface area contributed by atoms with Gasteiger partial charge in [-0.3, -0.25) is 4.79 Å². The molecule has 0 radical (unpaired) electrons. The molecule has 1 amide bonds. The van der Waals surface area contributed by atoms with Crippen molar-refractivity contribution in [1.82, 2.24) is 25.1 Å². The summed E-state index contributed by atoms with van der Waals surface area (Å²) in [4.78, 5) is 15.0. The Hall–Kier alpha value is -1.46. The first-order chi connectivity index (χ1) is 9.13. The van der Waals surface area contributed by atoms with Crippen LogP contribution in [0.2, 0.25) is 0 Å². The van der Waals surface area contributed by atoms with E-state index in [9.17, 15) is 4.79 Å². The summed E-state index contributed by atoms with van der Waals surface area (Å²) in [5.41, 5.74) is 0. The third-order valence-corrected chi connectivity index (χ3v) is 3.10. The van der Waals surface area contributed by atoms with Crippen LogP contribution in [0, 0.1) is 6.92 Å². The summed E-state index contributed by atoms with van der Waals surface area (Å²) in [5.74, 6) is 0.623. The Morgan fingerprint density at radius 1 is 1.21 bits per heavy atom. The van der Waals surface area contributed by atoms with Crippen LogP contribution < -0.4 is 0 Å². The lowest BCUT2D eigenvalue weighted by atomic mass is 10.1. The third kappa shape index (κ3) is 6.31. The molecule has 108 valence electrons. The highest BCUT2D eigenvalue weighted by molar-refractivity contribution is 5.75. The van der Waals surface area contributed by atoms with Gasteiger partial charge in [-0.15, -0.1) is 10.2 Å². The van der Waals surface area contributed by atoms with Gasteiger partial charge in [0.2, 0.25) is 5.91 Å². The van der Waals surface area contributed by atoms with Gasteiger partial charge in [0.25, 0.3) is 0 Å². The van der Waals surface area contributed by atoms with E-state index in [1.165, 1.54) is 36.9 Å². The Labute approximate surface area is 115 Å². The van der Waals surface area contributed by atoms with Gasteiger partial charge in [0.1, 0.15) is 6.54 Å². The average Bonchev–Trinajstić information content (AvgIpc) is 2.78. The lowest BCUT2D eigenvalue weighted by molar-refractivity contribution is -0.131. The predicted octanol–water partition coefficient (Wildman–Crippen LogP) is 1.80. The molecule has 0 aliphatic carbocycles. The zero-order chi connectivity index (χ0) is 14.1. The molecule has 0 saturated carbocycles. The Morgan fingerprint density at radius 2 is 1.89 bits per heavy atom. The largest absolute Gasteiger partial charge is 0.344 e. The first kappa shape index (κ1) is 15.6. The second-order valence-electron chi connectivity index (χ2n) is 4.95. The van der Waals surface area contributed by atoms with E-state index >= 15 is 0 Å². The van der Waals surface area contributed by atoms with Gasteiger partial charge < -0.3 is 4.90 Å². The zero-order valence-electron chi connectivity index (χ0n) is 12.3. The maximum Gasteiger partial charge on any atom is 0.245 e. The van der Waals surface area contributed by atoms with E-state index in [1.54, 1.807) is 11.8 Å². The van der Waals surface area contributed by atoms with Gasteiger partial charge in [-0.2, -0.15) is 4.80 Å². The van der Waals surface area contributed by atoms with Crippen molar-refractivity contribution >= 4 is 5.91 Å². The molecular weight excluding hydrogens is 242 g/mol. The molecule has 6 nitrogen and oxygen atoms in total. The second kappa shape index (κ2) is 8.61. The number of carbonyl (C=O) groups is 1. The average molecular weight is 267 g/mol. The summed E-state index contributed by atoms with van der Waals surface area (Å²) in [5, 5.41) is 11.6. The number of likely N-dealkylation sites (N-methyl/N-ethyl adjacent to an activating group) is 1. The van der Waals surface area contributed by atoms with Crippen LogP contribution in [0.15, 0.2) is 0 Å². The standard InChI is InChI=1S/C13H25N5O/c1-4-5-6-7-8-9-10-17(3)13(19)11-18-15-12(2)14-16-18/h4-11H2,1-3H3. The molecule has 0 saturated heterocycles. The Kier molecular flexibility index (Phi) is 7.07. The topological polar surface area (TPSA) is 63.9 Å². The molecule has 6 heteroatoms. The summed E-state index contributed by atoms with van der Waals surface area (Å²) in [6.07, 6.45) is 7.40. The van der Waals surface area contributed by atoms with Crippen LogP contribution in [0.4, 0.5) is 0 Å². The highest BCUT2D eigenvalue weighted by atomic mass is 16.2. The Morgan fingerprint density at radius 3 is 2.53 bits per heavy atom. The van der Waals surface area contributed by atoms with Crippen molar-refractivity contribution in [2.45, 2.75) is 58.9 Å². The summed E-state index contributed by atoms with van der Waals surface area (Å²) < 4.78 is 0. The van der Waals surface area contributed by atoms with E-state index in [1.807, 2.05) is 7.05 Å². The summed E-state index contributed by atoms with van der Waals surface area (Å²) in [6.45, 7) is 4.95. The highest BCUT2D eigenvalue weighted by Crippen LogP contribution is 2.05. The molecule has 0 bridgehead atoms. The summed E-state index contributed by atoms with van der Waals surface area (Å²) in [6, 6.07) is 0. The Bertz CT molecular complexity index is 377. The minimum atomic E-state index is 0.0333. The molecule has 0 aromatic carbocycles. The first-order valence-corrected chi connectivity index (χ1v) is 7.12. The van der Waals surface area contributed by atoms with Crippen molar-refractivity contribution in [3.05, 3.63) is 5.82 Å². The molecule has 0 fully saturated rings. The van der Waals surface area contributed by atoms with Gasteiger partial charge in [-0.05, 0) is 18.6 Å². The zero-order valence-corrected chi connectivity index (χ0v) is 12.3. The van der Waals surface area contributed by atoms with E-state index < -0.39 is 0 Å². The van der Waals surface area contributed by atoms with Crippen LogP contribution in [-0.4, -0.2) is 44.6 Å². The van der Waals surface area contributed by atoms with Crippen molar-refractivity contribution in [3.63, 3.8) is 0 Å². The minimum absolute atomic E-state index is 0.0333. The SMILES string of the molecule is CCCCCCCCN(C)C(=O)Cn1nnc(C)n1. The summed E-state index contributed by atoms with van der Waals surface area (Å²) >= 11 is 0. The molecule has 0 spiro atoms. The van der Waals surface area contributed by atoms with Crippen molar-refractivity contribution < 1.29 is 4.79 Å². The monoisotopic (exact) mass is 267 g/mol. The maximum absolute atomic E-state index is 11.9. The van der Waals surface area contributed by atoms with Crippen molar-refractivity contribution in [2.24, 2.45) is 0 Å². The molecule has 0 N–H and O–H groups in total. The van der Waals surface area contributed by atoms with E-state index in [0.717, 1.165) is 13.0 Å². The molecule has 0 atom stereocenters. The summed E-state index contributed by atoms with van der Waals surface area (Å²) in [7, 11) is 1.83. The van der Waals surface area contributed by atoms with Crippen LogP contribution in [0.5, 0.6) is 0 Å². The van der Waals surface area contributed by atoms with Gasteiger partial charge in [0.15, 0.2) is 5.82 Å². The number of aromatic nitrogens is 4. The van der Waals surface area contributed by atoms with Crippen molar-refractivity contribution in [3.8, 4) is 0 Å². The van der Waals surface area contributed by atoms with Crippen molar-refractivity contribution in [2.75, 3.05) is 13.6 Å². The van der Waals surface area contributed by atoms with Crippen LogP contribution >= 0.6 is 0 Å². The van der Waals surface area contributed by atoms with Gasteiger partial charge in [0.05, 0.1) is 0 Å². The van der Waals surface area contributed by atoms with Crippen LogP contribution in [0.1, 0.15) is 51.3 Å². The fourth-order valence-electron chi connectivity index (χ4n) is 1.89. The number of hydrogen-bond donors (Lipinski definition) is 0. The second-order valence-corrected chi connectivity index (χ2v) is 4.95. The number of unbranched alkanes of at least 4 members (excludes halogenated alkanes) is 5. The number of aryl methyl sites for hydroxylation is 1. The molecule has 0 aliphatic heterocycles. The number of rotatable bonds is 9. The minimum Gasteiger partial charge on any atom is -0.344 e. The smallest absolute Gasteiger partial charge is 0.245 e. The fraction of sp³-hybridized carbons (Fsp3) is 0.846. The molecule has 0 unspecified atom stereocenters. The quantitative estimate of drug-likeness (QED) is 0.640. The predicted molar refractivity (Wildman–Crippen MR) is 73.6 cm³/mol. The van der Waals surface area contributed by atoms with E-state index in [-0.39, 0.29) is 12.5 Å². The highest BCUT2D eigenvalue weighted by Gasteiger charge is 2.10. The molecule has 0 aliphatic rings. The van der Waals surface area contributed by atoms with E-state index in [4.69, 9.17) is 0 Å². The van der Waals surface area contributed by atoms with Gasteiger partial charge >= 0.3 is 0 Å². The third-order valence-electron chi connectivity index (χ3n) is 3.10. The van der Waals surface area contributed by atoms with E-state index in [2.05, 4.69) is 22.3 Å². The Balaban J connectivity index is 2.14. The van der Waals surface area contributed by atoms with Gasteiger partial charge in [-0.25, -0.2) is 0 Å². The van der Waals surface area contributed by atoms with Gasteiger partial charge in [0, 0.05) is 13.6 Å². The number of nitrogens with zero attached hydrogens (tertiary/aromatic N) is 5. The van der Waals surface area contributed by atoms with Crippen LogP contribution in [-0.2, 0) is 11.3 Å². The molecule has 1 heterocycles. The lowest BCUT2D eigenvalue weighted by Gasteiger charge is -2.16. The number of tetrazole rings is 1. The molecule has 1 rings (SSSR count). The lowest BCUT2D eigenvalue weighted by Crippen LogP contribution is -2.31. The van der Waals surface area contributed by atoms with Crippen molar-refractivity contribution in [1.29, 1.82) is 0 Å². The number of carbonyl (C=O) groups excluding carboxylic acids is 1. The maximum atomic E-state index is 11.9. The van der Waals surface area contributed by atoms with E-state index in [0.29, 0.717) is 5.82 Å². The molecule has 19 heavy (non-hydrogen) atoms. The number of hydrogen-bond acceptors (Lipinski definition) is 4. The van der Waals surface area contributed by atoms with Crippen LogP contribution in [0.3, 0.4) is 0 Å². The molecule has 1 aromatic heterocycles. The fourth-order valence-corrected chi connectivity index (χ4v) is 1.89.